The van der Waals surface area contributed by atoms with Gasteiger partial charge in [-0.25, -0.2) is 4.39 Å². The largest absolute Gasteiger partial charge is 0.481 e. The molecule has 0 bridgehead atoms. The minimum Gasteiger partial charge on any atom is -0.481 e. The smallest absolute Gasteiger partial charge is 0.304 e. The van der Waals surface area contributed by atoms with Crippen LogP contribution < -0.4 is 10.2 Å². The zero-order valence-electron chi connectivity index (χ0n) is 20.6. The van der Waals surface area contributed by atoms with Crippen LogP contribution in [0.5, 0.6) is 0 Å². The molecule has 1 fully saturated rings. The fourth-order valence-corrected chi connectivity index (χ4v) is 5.98. The van der Waals surface area contributed by atoms with E-state index in [1.807, 2.05) is 32.0 Å². The van der Waals surface area contributed by atoms with Crippen LogP contribution in [0.2, 0.25) is 0 Å². The molecule has 1 aliphatic heterocycles. The molecule has 7 nitrogen and oxygen atoms in total. The Morgan fingerprint density at radius 3 is 2.40 bits per heavy atom. The van der Waals surface area contributed by atoms with Crippen molar-refractivity contribution in [3.8, 4) is 0 Å². The first-order chi connectivity index (χ1) is 16.6. The van der Waals surface area contributed by atoms with Crippen LogP contribution in [0, 0.1) is 5.82 Å². The topological polar surface area (TPSA) is 102 Å². The highest BCUT2D eigenvalue weighted by Crippen LogP contribution is 2.46. The average molecular weight is 509 g/mol. The second-order valence-electron chi connectivity index (χ2n) is 9.31. The first-order valence-electron chi connectivity index (χ1n) is 12.1. The fourth-order valence-electron chi connectivity index (χ4n) is 4.47. The van der Waals surface area contributed by atoms with E-state index in [1.54, 1.807) is 12.1 Å². The first-order valence-corrected chi connectivity index (χ1v) is 14.0. The van der Waals surface area contributed by atoms with Crippen molar-refractivity contribution < 1.29 is 28.1 Å². The van der Waals surface area contributed by atoms with Gasteiger partial charge >= 0.3 is 5.97 Å². The SMILES string of the molecule is CCN(c1ccc([C@H](COC(C)C)CC(=O)O)cc1Nc1ccc(F)cc1)C1CCS(O)(O)CC1. The number of ether oxygens (including phenoxy) is 1. The Bertz CT molecular complexity index is 976. The highest BCUT2D eigenvalue weighted by Gasteiger charge is 2.29. The van der Waals surface area contributed by atoms with Crippen molar-refractivity contribution >= 4 is 33.6 Å². The number of aliphatic carboxylic acids is 1. The number of anilines is 3. The minimum atomic E-state index is -2.49. The molecule has 9 heteroatoms. The summed E-state index contributed by atoms with van der Waals surface area (Å²) in [5.74, 6) is -0.764. The van der Waals surface area contributed by atoms with Gasteiger partial charge in [0, 0.05) is 35.7 Å². The molecule has 1 aliphatic rings. The number of rotatable bonds is 11. The monoisotopic (exact) mass is 508 g/mol. The summed E-state index contributed by atoms with van der Waals surface area (Å²) in [4.78, 5) is 13.8. The molecule has 1 saturated heterocycles. The molecule has 0 unspecified atom stereocenters. The van der Waals surface area contributed by atoms with E-state index < -0.39 is 16.6 Å². The summed E-state index contributed by atoms with van der Waals surface area (Å²) in [6.07, 6.45) is 1.28. The fraction of sp³-hybridized carbons (Fsp3) is 0.500. The predicted molar refractivity (Wildman–Crippen MR) is 141 cm³/mol. The molecule has 4 N–H and O–H groups in total. The molecule has 1 atom stereocenters. The Labute approximate surface area is 208 Å². The molecule has 2 aromatic rings. The number of nitrogens with zero attached hydrogens (tertiary/aromatic N) is 1. The lowest BCUT2D eigenvalue weighted by atomic mass is 9.94. The molecule has 0 spiro atoms. The molecular formula is C26H37FN2O5S. The lowest BCUT2D eigenvalue weighted by Crippen LogP contribution is -2.40. The van der Waals surface area contributed by atoms with Crippen LogP contribution in [-0.2, 0) is 9.53 Å². The maximum absolute atomic E-state index is 13.5. The number of benzene rings is 2. The summed E-state index contributed by atoms with van der Waals surface area (Å²) in [7, 11) is -2.49. The van der Waals surface area contributed by atoms with E-state index in [9.17, 15) is 23.4 Å². The third-order valence-electron chi connectivity index (χ3n) is 6.31. The Kier molecular flexibility index (Phi) is 9.40. The van der Waals surface area contributed by atoms with Gasteiger partial charge in [-0.2, -0.15) is 10.6 Å². The van der Waals surface area contributed by atoms with Crippen LogP contribution in [0.1, 0.15) is 51.5 Å². The van der Waals surface area contributed by atoms with Crippen molar-refractivity contribution in [2.45, 2.75) is 58.1 Å². The van der Waals surface area contributed by atoms with E-state index in [4.69, 9.17) is 4.74 Å². The third kappa shape index (κ3) is 7.83. The van der Waals surface area contributed by atoms with Crippen LogP contribution in [0.3, 0.4) is 0 Å². The van der Waals surface area contributed by atoms with Gasteiger partial charge in [-0.3, -0.25) is 13.9 Å². The van der Waals surface area contributed by atoms with E-state index in [0.29, 0.717) is 30.0 Å². The Hall–Kier alpha value is -2.33. The van der Waals surface area contributed by atoms with Crippen molar-refractivity contribution in [1.82, 2.24) is 0 Å². The molecule has 0 radical (unpaired) electrons. The summed E-state index contributed by atoms with van der Waals surface area (Å²) in [6.45, 7) is 6.90. The maximum atomic E-state index is 13.5. The van der Waals surface area contributed by atoms with E-state index in [-0.39, 0.29) is 36.9 Å². The summed E-state index contributed by atoms with van der Waals surface area (Å²) >= 11 is 0. The van der Waals surface area contributed by atoms with Gasteiger partial charge in [0.1, 0.15) is 5.82 Å². The van der Waals surface area contributed by atoms with Gasteiger partial charge in [-0.15, -0.1) is 0 Å². The van der Waals surface area contributed by atoms with Crippen LogP contribution in [0.25, 0.3) is 0 Å². The Morgan fingerprint density at radius 1 is 1.17 bits per heavy atom. The van der Waals surface area contributed by atoms with Crippen molar-refractivity contribution in [2.24, 2.45) is 0 Å². The van der Waals surface area contributed by atoms with Crippen molar-refractivity contribution in [3.05, 3.63) is 53.8 Å². The lowest BCUT2D eigenvalue weighted by molar-refractivity contribution is -0.138. The summed E-state index contributed by atoms with van der Waals surface area (Å²) in [5.41, 5.74) is 3.28. The van der Waals surface area contributed by atoms with Gasteiger partial charge in [-0.05, 0) is 75.6 Å². The van der Waals surface area contributed by atoms with Crippen LogP contribution >= 0.6 is 10.6 Å². The summed E-state index contributed by atoms with van der Waals surface area (Å²) in [6, 6.07) is 12.1. The van der Waals surface area contributed by atoms with E-state index in [1.165, 1.54) is 12.1 Å². The maximum Gasteiger partial charge on any atom is 0.304 e. The number of carboxylic acid groups (broad SMARTS) is 1. The average Bonchev–Trinajstić information content (AvgIpc) is 2.80. The number of halogens is 1. The number of hydrogen-bond acceptors (Lipinski definition) is 6. The van der Waals surface area contributed by atoms with Gasteiger partial charge in [0.2, 0.25) is 0 Å². The van der Waals surface area contributed by atoms with Crippen molar-refractivity contribution in [1.29, 1.82) is 0 Å². The van der Waals surface area contributed by atoms with Gasteiger partial charge < -0.3 is 20.1 Å². The summed E-state index contributed by atoms with van der Waals surface area (Å²) < 4.78 is 39.4. The Morgan fingerprint density at radius 2 is 1.83 bits per heavy atom. The molecule has 0 amide bonds. The van der Waals surface area contributed by atoms with Crippen molar-refractivity contribution in [3.63, 3.8) is 0 Å². The van der Waals surface area contributed by atoms with Crippen LogP contribution in [-0.4, -0.2) is 57.0 Å². The highest BCUT2D eigenvalue weighted by atomic mass is 32.3. The van der Waals surface area contributed by atoms with Gasteiger partial charge in [0.05, 0.1) is 30.5 Å². The van der Waals surface area contributed by atoms with E-state index in [0.717, 1.165) is 23.5 Å². The van der Waals surface area contributed by atoms with E-state index >= 15 is 0 Å². The number of hydrogen-bond donors (Lipinski definition) is 4. The molecule has 0 aliphatic carbocycles. The number of carboxylic acids is 1. The summed E-state index contributed by atoms with van der Waals surface area (Å²) in [5, 5.41) is 12.9. The van der Waals surface area contributed by atoms with Crippen molar-refractivity contribution in [2.75, 3.05) is 34.9 Å². The minimum absolute atomic E-state index is 0.0171. The molecule has 194 valence electrons. The number of carbonyl (C=O) groups is 1. The second-order valence-corrected chi connectivity index (χ2v) is 11.7. The standard InChI is InChI=1S/C26H37FN2O5S/c1-4-29(23-11-13-35(32,33)14-12-23)25-10-5-19(20(16-26(30)31)17-34-18(2)3)15-24(25)28-22-8-6-21(27)7-9-22/h5-10,15,18,20,23,28,32-33H,4,11-14,16-17H2,1-3H3,(H,30,31)/t20-/m0/s1. The van der Waals surface area contributed by atoms with E-state index in [2.05, 4.69) is 17.1 Å². The third-order valence-corrected chi connectivity index (χ3v) is 8.09. The van der Waals surface area contributed by atoms with Gasteiger partial charge in [0.15, 0.2) is 0 Å². The molecule has 0 aromatic heterocycles. The first kappa shape index (κ1) is 27.3. The predicted octanol–water partition coefficient (Wildman–Crippen LogP) is 6.29. The number of nitrogens with one attached hydrogen (secondary N) is 1. The molecule has 1 heterocycles. The van der Waals surface area contributed by atoms with Gasteiger partial charge in [0.25, 0.3) is 0 Å². The lowest BCUT2D eigenvalue weighted by Gasteiger charge is -2.44. The van der Waals surface area contributed by atoms with Crippen LogP contribution in [0.4, 0.5) is 21.5 Å². The molecule has 35 heavy (non-hydrogen) atoms. The van der Waals surface area contributed by atoms with Gasteiger partial charge in [-0.1, -0.05) is 6.07 Å². The zero-order chi connectivity index (χ0) is 25.6. The van der Waals surface area contributed by atoms with Crippen LogP contribution in [0.15, 0.2) is 42.5 Å². The second kappa shape index (κ2) is 12.1. The molecular weight excluding hydrogens is 471 g/mol. The highest BCUT2D eigenvalue weighted by molar-refractivity contribution is 8.24. The quantitative estimate of drug-likeness (QED) is 0.283. The normalized spacial score (nSPS) is 17.7. The Balaban J connectivity index is 1.98. The molecule has 0 saturated carbocycles. The molecule has 3 rings (SSSR count). The zero-order valence-corrected chi connectivity index (χ0v) is 21.4. The molecule has 2 aromatic carbocycles.